The lowest BCUT2D eigenvalue weighted by molar-refractivity contribution is 0.0634. The molecule has 1 aromatic rings. The van der Waals surface area contributed by atoms with E-state index in [4.69, 9.17) is 11.2 Å². The molecule has 1 N–H and O–H groups in total. The molecule has 0 atom stereocenters. The van der Waals surface area contributed by atoms with Crippen molar-refractivity contribution in [3.05, 3.63) is 18.0 Å². The molecule has 0 aromatic carbocycles. The highest BCUT2D eigenvalue weighted by Gasteiger charge is 2.43. The molecule has 1 amide bonds. The number of rotatable bonds is 2. The number of carbonyl (C=O) groups excluding carboxylic acids is 1. The van der Waals surface area contributed by atoms with Crippen molar-refractivity contribution >= 4 is 12.0 Å². The maximum Gasteiger partial charge on any atom is 0.414 e. The number of terminal acetylenes is 1. The second-order valence-electron chi connectivity index (χ2n) is 5.65. The fourth-order valence-electron chi connectivity index (χ4n) is 1.68. The van der Waals surface area contributed by atoms with Gasteiger partial charge in [0, 0.05) is 18.0 Å². The summed E-state index contributed by atoms with van der Waals surface area (Å²) < 4.78 is 5.11. The van der Waals surface area contributed by atoms with E-state index in [9.17, 15) is 4.79 Å². The number of amides is 1. The number of nitrogens with zero attached hydrogens (tertiary/aromatic N) is 2. The normalized spacial score (nSPS) is 16.3. The Labute approximate surface area is 112 Å². The molecule has 1 saturated carbocycles. The topological polar surface area (TPSA) is 64.1 Å². The molecule has 2 rings (SSSR count). The van der Waals surface area contributed by atoms with Gasteiger partial charge in [0.15, 0.2) is 0 Å². The van der Waals surface area contributed by atoms with E-state index in [1.54, 1.807) is 33.2 Å². The summed E-state index contributed by atoms with van der Waals surface area (Å²) in [7, 11) is 0. The van der Waals surface area contributed by atoms with Gasteiger partial charge in [-0.25, -0.2) is 14.8 Å². The first-order valence-electron chi connectivity index (χ1n) is 6.15. The van der Waals surface area contributed by atoms with Crippen LogP contribution in [-0.4, -0.2) is 21.7 Å². The highest BCUT2D eigenvalue weighted by atomic mass is 16.6. The van der Waals surface area contributed by atoms with Crippen molar-refractivity contribution in [1.29, 1.82) is 0 Å². The third kappa shape index (κ3) is 3.22. The van der Waals surface area contributed by atoms with Crippen LogP contribution in [0.25, 0.3) is 0 Å². The summed E-state index contributed by atoms with van der Waals surface area (Å²) in [6, 6.07) is 0. The quantitative estimate of drug-likeness (QED) is 0.829. The molecule has 0 saturated heterocycles. The summed E-state index contributed by atoms with van der Waals surface area (Å²) in [5, 5.41) is 2.48. The van der Waals surface area contributed by atoms with E-state index in [0.717, 1.165) is 18.4 Å². The van der Waals surface area contributed by atoms with Crippen LogP contribution in [0.4, 0.5) is 10.7 Å². The Kier molecular flexibility index (Phi) is 3.19. The van der Waals surface area contributed by atoms with Gasteiger partial charge in [-0.15, -0.1) is 6.42 Å². The Hall–Kier alpha value is -2.09. The minimum Gasteiger partial charge on any atom is -0.444 e. The summed E-state index contributed by atoms with van der Waals surface area (Å²) >= 11 is 0. The summed E-state index contributed by atoms with van der Waals surface area (Å²) in [5.41, 5.74) is 0.181. The lowest BCUT2D eigenvalue weighted by Gasteiger charge is -2.19. The zero-order chi connectivity index (χ0) is 14.1. The molecule has 5 nitrogen and oxygen atoms in total. The van der Waals surface area contributed by atoms with Crippen molar-refractivity contribution in [2.45, 2.75) is 44.6 Å². The molecule has 0 bridgehead atoms. The van der Waals surface area contributed by atoms with Crippen molar-refractivity contribution < 1.29 is 9.53 Å². The molecule has 1 aliphatic carbocycles. The minimum atomic E-state index is -0.571. The average molecular weight is 259 g/mol. The molecule has 100 valence electrons. The van der Waals surface area contributed by atoms with Gasteiger partial charge in [-0.1, -0.05) is 5.92 Å². The number of aromatic nitrogens is 2. The molecule has 0 aliphatic heterocycles. The first kappa shape index (κ1) is 13.3. The van der Waals surface area contributed by atoms with Crippen molar-refractivity contribution in [3.8, 4) is 12.3 Å². The van der Waals surface area contributed by atoms with E-state index in [1.165, 1.54) is 0 Å². The number of nitrogens with one attached hydrogen (secondary N) is 1. The van der Waals surface area contributed by atoms with Crippen LogP contribution in [-0.2, 0) is 10.2 Å². The molecule has 19 heavy (non-hydrogen) atoms. The van der Waals surface area contributed by atoms with Gasteiger partial charge in [-0.3, -0.25) is 5.32 Å². The summed E-state index contributed by atoms with van der Waals surface area (Å²) in [4.78, 5) is 19.7. The van der Waals surface area contributed by atoms with Crippen molar-refractivity contribution in [1.82, 2.24) is 9.97 Å². The lowest BCUT2D eigenvalue weighted by atomic mass is 10.0. The third-order valence-corrected chi connectivity index (χ3v) is 2.84. The largest absolute Gasteiger partial charge is 0.444 e. The van der Waals surface area contributed by atoms with E-state index >= 15 is 0 Å². The zero-order valence-corrected chi connectivity index (χ0v) is 11.4. The highest BCUT2D eigenvalue weighted by molar-refractivity contribution is 5.82. The van der Waals surface area contributed by atoms with E-state index < -0.39 is 11.7 Å². The van der Waals surface area contributed by atoms with E-state index in [1.807, 2.05) is 0 Å². The first-order valence-corrected chi connectivity index (χ1v) is 6.15. The SMILES string of the molecule is C#CC1(c2cnc(NC(=O)OC(C)(C)C)nc2)CC1. The first-order chi connectivity index (χ1) is 8.85. The maximum absolute atomic E-state index is 11.5. The summed E-state index contributed by atoms with van der Waals surface area (Å²) in [6.45, 7) is 5.38. The van der Waals surface area contributed by atoms with E-state index in [2.05, 4.69) is 21.2 Å². The second-order valence-corrected chi connectivity index (χ2v) is 5.65. The number of hydrogen-bond acceptors (Lipinski definition) is 4. The monoisotopic (exact) mass is 259 g/mol. The van der Waals surface area contributed by atoms with Crippen LogP contribution >= 0.6 is 0 Å². The van der Waals surface area contributed by atoms with Gasteiger partial charge < -0.3 is 4.74 Å². The predicted octanol–water partition coefficient (Wildman–Crippen LogP) is 2.49. The Bertz CT molecular complexity index is 519. The predicted molar refractivity (Wildman–Crippen MR) is 71.6 cm³/mol. The fraction of sp³-hybridized carbons (Fsp3) is 0.500. The molecule has 1 aromatic heterocycles. The van der Waals surface area contributed by atoms with E-state index in [-0.39, 0.29) is 11.4 Å². The molecular formula is C14H17N3O2. The standard InChI is InChI=1S/C14H17N3O2/c1-5-14(6-7-14)10-8-15-11(16-9-10)17-12(18)19-13(2,3)4/h1,8-9H,6-7H2,2-4H3,(H,15,16,17,18). The Morgan fingerprint density at radius 1 is 1.42 bits per heavy atom. The second kappa shape index (κ2) is 4.54. The third-order valence-electron chi connectivity index (χ3n) is 2.84. The van der Waals surface area contributed by atoms with Crippen LogP contribution in [0, 0.1) is 12.3 Å². The number of ether oxygens (including phenoxy) is 1. The molecule has 1 heterocycles. The molecule has 0 spiro atoms. The molecular weight excluding hydrogens is 242 g/mol. The van der Waals surface area contributed by atoms with E-state index in [0.29, 0.717) is 0 Å². The van der Waals surface area contributed by atoms with Crippen molar-refractivity contribution in [2.24, 2.45) is 0 Å². The lowest BCUT2D eigenvalue weighted by Crippen LogP contribution is -2.27. The van der Waals surface area contributed by atoms with Gasteiger partial charge in [0.05, 0.1) is 5.41 Å². The summed E-state index contributed by atoms with van der Waals surface area (Å²) in [5.74, 6) is 2.98. The molecule has 1 fully saturated rings. The average Bonchev–Trinajstić information content (AvgIpc) is 3.08. The van der Waals surface area contributed by atoms with Crippen molar-refractivity contribution in [2.75, 3.05) is 5.32 Å². The summed E-state index contributed by atoms with van der Waals surface area (Å²) in [6.07, 6.45) is 10.2. The van der Waals surface area contributed by atoms with Gasteiger partial charge in [-0.05, 0) is 33.6 Å². The smallest absolute Gasteiger partial charge is 0.414 e. The Morgan fingerprint density at radius 3 is 2.42 bits per heavy atom. The van der Waals surface area contributed by atoms with Gasteiger partial charge in [0.2, 0.25) is 5.95 Å². The molecule has 5 heteroatoms. The van der Waals surface area contributed by atoms with Gasteiger partial charge in [-0.2, -0.15) is 0 Å². The molecule has 0 unspecified atom stereocenters. The van der Waals surface area contributed by atoms with Crippen LogP contribution in [0.15, 0.2) is 12.4 Å². The van der Waals surface area contributed by atoms with Crippen LogP contribution < -0.4 is 5.32 Å². The number of anilines is 1. The van der Waals surface area contributed by atoms with Gasteiger partial charge in [0.25, 0.3) is 0 Å². The Balaban J connectivity index is 2.00. The zero-order valence-electron chi connectivity index (χ0n) is 11.4. The van der Waals surface area contributed by atoms with Crippen molar-refractivity contribution in [3.63, 3.8) is 0 Å². The van der Waals surface area contributed by atoms with Crippen LogP contribution in [0.5, 0.6) is 0 Å². The minimum absolute atomic E-state index is 0.190. The van der Waals surface area contributed by atoms with Crippen LogP contribution in [0.3, 0.4) is 0 Å². The van der Waals surface area contributed by atoms with Crippen LogP contribution in [0.2, 0.25) is 0 Å². The highest BCUT2D eigenvalue weighted by Crippen LogP contribution is 2.46. The van der Waals surface area contributed by atoms with Crippen LogP contribution in [0.1, 0.15) is 39.2 Å². The Morgan fingerprint density at radius 2 is 2.00 bits per heavy atom. The molecule has 0 radical (unpaired) electrons. The van der Waals surface area contributed by atoms with Gasteiger partial charge in [0.1, 0.15) is 5.60 Å². The number of carbonyl (C=O) groups is 1. The fourth-order valence-corrected chi connectivity index (χ4v) is 1.68. The van der Waals surface area contributed by atoms with Gasteiger partial charge >= 0.3 is 6.09 Å². The maximum atomic E-state index is 11.5. The number of hydrogen-bond donors (Lipinski definition) is 1. The molecule has 1 aliphatic rings.